The fourth-order valence-corrected chi connectivity index (χ4v) is 2.81. The Morgan fingerprint density at radius 3 is 2.81 bits per heavy atom. The number of allylic oxidation sites excluding steroid dienone is 1. The number of ether oxygens (including phenoxy) is 1. The molecule has 0 unspecified atom stereocenters. The number of hydrogen-bond donors (Lipinski definition) is 2. The number of rotatable bonds is 6. The van der Waals surface area contributed by atoms with Crippen molar-refractivity contribution in [2.45, 2.75) is 18.9 Å². The molecule has 21 heavy (non-hydrogen) atoms. The van der Waals surface area contributed by atoms with Crippen LogP contribution in [0.5, 0.6) is 11.5 Å². The summed E-state index contributed by atoms with van der Waals surface area (Å²) in [5.74, 6) is -0.173. The molecule has 1 aliphatic heterocycles. The van der Waals surface area contributed by atoms with Gasteiger partial charge in [0, 0.05) is 43.9 Å². The van der Waals surface area contributed by atoms with Crippen LogP contribution in [0, 0.1) is 5.82 Å². The van der Waals surface area contributed by atoms with Crippen LogP contribution < -0.4 is 10.1 Å². The van der Waals surface area contributed by atoms with Gasteiger partial charge in [-0.15, -0.1) is 6.58 Å². The number of piperazine rings is 1. The standard InChI is InChI=1S/C16H23FN2O2/c1-3-4-5-14(19-8-6-18-7-9-19)13-10-12(17)11-15(21-2)16(13)20/h3,10-11,14,18,20H,1,4-9H2,2H3/t14-/m1/s1. The van der Waals surface area contributed by atoms with Crippen molar-refractivity contribution in [2.24, 2.45) is 0 Å². The van der Waals surface area contributed by atoms with E-state index in [1.165, 1.54) is 19.2 Å². The fourth-order valence-electron chi connectivity index (χ4n) is 2.81. The minimum absolute atomic E-state index is 0.0327. The van der Waals surface area contributed by atoms with Crippen LogP contribution in [0.2, 0.25) is 0 Å². The lowest BCUT2D eigenvalue weighted by atomic mass is 9.98. The average molecular weight is 294 g/mol. The van der Waals surface area contributed by atoms with E-state index in [4.69, 9.17) is 4.74 Å². The molecule has 2 rings (SSSR count). The van der Waals surface area contributed by atoms with Gasteiger partial charge in [-0.25, -0.2) is 4.39 Å². The first-order chi connectivity index (χ1) is 10.2. The first-order valence-corrected chi connectivity index (χ1v) is 7.29. The van der Waals surface area contributed by atoms with Crippen molar-refractivity contribution in [2.75, 3.05) is 33.3 Å². The van der Waals surface area contributed by atoms with E-state index in [0.717, 1.165) is 39.0 Å². The number of phenolic OH excluding ortho intramolecular Hbond substituents is 1. The lowest BCUT2D eigenvalue weighted by Crippen LogP contribution is -2.45. The van der Waals surface area contributed by atoms with Crippen LogP contribution in [0.4, 0.5) is 4.39 Å². The van der Waals surface area contributed by atoms with Crippen molar-refractivity contribution < 1.29 is 14.2 Å². The van der Waals surface area contributed by atoms with Crippen molar-refractivity contribution in [3.63, 3.8) is 0 Å². The van der Waals surface area contributed by atoms with E-state index in [1.54, 1.807) is 0 Å². The molecule has 0 radical (unpaired) electrons. The molecule has 1 fully saturated rings. The first kappa shape index (κ1) is 15.8. The van der Waals surface area contributed by atoms with Gasteiger partial charge in [0.05, 0.1) is 7.11 Å². The number of hydrogen-bond acceptors (Lipinski definition) is 4. The predicted molar refractivity (Wildman–Crippen MR) is 81.2 cm³/mol. The summed E-state index contributed by atoms with van der Waals surface area (Å²) in [6.45, 7) is 7.30. The van der Waals surface area contributed by atoms with Gasteiger partial charge in [-0.2, -0.15) is 0 Å². The number of aromatic hydroxyl groups is 1. The van der Waals surface area contributed by atoms with Crippen molar-refractivity contribution in [3.05, 3.63) is 36.2 Å². The quantitative estimate of drug-likeness (QED) is 0.791. The average Bonchev–Trinajstić information content (AvgIpc) is 2.51. The maximum atomic E-state index is 13.8. The van der Waals surface area contributed by atoms with Crippen molar-refractivity contribution in [1.29, 1.82) is 0 Å². The summed E-state index contributed by atoms with van der Waals surface area (Å²) in [4.78, 5) is 2.27. The smallest absolute Gasteiger partial charge is 0.163 e. The summed E-state index contributed by atoms with van der Waals surface area (Å²) in [5.41, 5.74) is 0.593. The zero-order valence-electron chi connectivity index (χ0n) is 12.4. The Morgan fingerprint density at radius 2 is 2.19 bits per heavy atom. The minimum atomic E-state index is -0.390. The Labute approximate surface area is 125 Å². The second-order valence-electron chi connectivity index (χ2n) is 5.21. The summed E-state index contributed by atoms with van der Waals surface area (Å²) in [7, 11) is 1.43. The highest BCUT2D eigenvalue weighted by Gasteiger charge is 2.26. The van der Waals surface area contributed by atoms with E-state index in [-0.39, 0.29) is 17.5 Å². The summed E-state index contributed by atoms with van der Waals surface area (Å²) in [6.07, 6.45) is 3.46. The minimum Gasteiger partial charge on any atom is -0.504 e. The van der Waals surface area contributed by atoms with Gasteiger partial charge in [0.1, 0.15) is 5.82 Å². The third-order valence-corrected chi connectivity index (χ3v) is 3.88. The Bertz CT molecular complexity index is 487. The highest BCUT2D eigenvalue weighted by atomic mass is 19.1. The van der Waals surface area contributed by atoms with Crippen LogP contribution in [0.25, 0.3) is 0 Å². The number of phenols is 1. The molecule has 1 atom stereocenters. The van der Waals surface area contributed by atoms with Gasteiger partial charge in [-0.05, 0) is 18.9 Å². The lowest BCUT2D eigenvalue weighted by molar-refractivity contribution is 0.162. The van der Waals surface area contributed by atoms with E-state index < -0.39 is 5.82 Å². The molecule has 1 aliphatic rings. The SMILES string of the molecule is C=CCC[C@H](c1cc(F)cc(OC)c1O)N1CCNCC1. The monoisotopic (exact) mass is 294 g/mol. The Kier molecular flexibility index (Phi) is 5.59. The number of nitrogens with zero attached hydrogens (tertiary/aromatic N) is 1. The highest BCUT2D eigenvalue weighted by Crippen LogP contribution is 2.39. The van der Waals surface area contributed by atoms with Crippen molar-refractivity contribution in [3.8, 4) is 11.5 Å². The second kappa shape index (κ2) is 7.43. The van der Waals surface area contributed by atoms with Crippen LogP contribution in [-0.4, -0.2) is 43.3 Å². The molecule has 0 aromatic heterocycles. The highest BCUT2D eigenvalue weighted by molar-refractivity contribution is 5.47. The summed E-state index contributed by atoms with van der Waals surface area (Å²) in [6, 6.07) is 2.59. The first-order valence-electron chi connectivity index (χ1n) is 7.29. The molecule has 0 amide bonds. The van der Waals surface area contributed by atoms with E-state index in [9.17, 15) is 9.50 Å². The maximum Gasteiger partial charge on any atom is 0.163 e. The summed E-state index contributed by atoms with van der Waals surface area (Å²) < 4.78 is 18.9. The van der Waals surface area contributed by atoms with Crippen molar-refractivity contribution in [1.82, 2.24) is 10.2 Å². The molecule has 116 valence electrons. The number of halogens is 1. The molecule has 0 bridgehead atoms. The van der Waals surface area contributed by atoms with Gasteiger partial charge in [0.15, 0.2) is 11.5 Å². The van der Waals surface area contributed by atoms with E-state index >= 15 is 0 Å². The van der Waals surface area contributed by atoms with Gasteiger partial charge in [-0.1, -0.05) is 6.08 Å². The molecule has 1 aromatic carbocycles. The molecular formula is C16H23FN2O2. The third kappa shape index (κ3) is 3.74. The zero-order valence-corrected chi connectivity index (χ0v) is 12.4. The number of methoxy groups -OCH3 is 1. The van der Waals surface area contributed by atoms with Crippen LogP contribution in [0.15, 0.2) is 24.8 Å². The molecule has 5 heteroatoms. The third-order valence-electron chi connectivity index (χ3n) is 3.88. The maximum absolute atomic E-state index is 13.8. The summed E-state index contributed by atoms with van der Waals surface area (Å²) >= 11 is 0. The fraction of sp³-hybridized carbons (Fsp3) is 0.500. The Hall–Kier alpha value is -1.59. The van der Waals surface area contributed by atoms with Crippen LogP contribution in [0.3, 0.4) is 0 Å². The van der Waals surface area contributed by atoms with Gasteiger partial charge < -0.3 is 15.2 Å². The number of benzene rings is 1. The zero-order chi connectivity index (χ0) is 15.2. The molecule has 0 saturated carbocycles. The molecule has 2 N–H and O–H groups in total. The van der Waals surface area contributed by atoms with Crippen LogP contribution in [-0.2, 0) is 0 Å². The van der Waals surface area contributed by atoms with Gasteiger partial charge in [-0.3, -0.25) is 4.90 Å². The predicted octanol–water partition coefficient (Wildman–Crippen LogP) is 2.45. The van der Waals surface area contributed by atoms with Gasteiger partial charge >= 0.3 is 0 Å². The van der Waals surface area contributed by atoms with Gasteiger partial charge in [0.2, 0.25) is 0 Å². The van der Waals surface area contributed by atoms with E-state index in [1.807, 2.05) is 6.08 Å². The Morgan fingerprint density at radius 1 is 1.48 bits per heavy atom. The molecule has 1 saturated heterocycles. The molecule has 1 aromatic rings. The molecule has 0 spiro atoms. The Balaban J connectivity index is 2.34. The van der Waals surface area contributed by atoms with Crippen molar-refractivity contribution >= 4 is 0 Å². The van der Waals surface area contributed by atoms with Gasteiger partial charge in [0.25, 0.3) is 0 Å². The molecule has 1 heterocycles. The summed E-state index contributed by atoms with van der Waals surface area (Å²) in [5, 5.41) is 13.7. The molecule has 4 nitrogen and oxygen atoms in total. The van der Waals surface area contributed by atoms with Crippen LogP contribution in [0.1, 0.15) is 24.4 Å². The topological polar surface area (TPSA) is 44.7 Å². The largest absolute Gasteiger partial charge is 0.504 e. The van der Waals surface area contributed by atoms with E-state index in [2.05, 4.69) is 16.8 Å². The van der Waals surface area contributed by atoms with Crippen LogP contribution >= 0.6 is 0 Å². The lowest BCUT2D eigenvalue weighted by Gasteiger charge is -2.35. The second-order valence-corrected chi connectivity index (χ2v) is 5.21. The normalized spacial score (nSPS) is 17.4. The van der Waals surface area contributed by atoms with E-state index in [0.29, 0.717) is 5.56 Å². The number of nitrogens with one attached hydrogen (secondary N) is 1. The molecular weight excluding hydrogens is 271 g/mol. The molecule has 0 aliphatic carbocycles.